The lowest BCUT2D eigenvalue weighted by atomic mass is 10.1. The van der Waals surface area contributed by atoms with E-state index in [-0.39, 0.29) is 17.2 Å². The fourth-order valence-corrected chi connectivity index (χ4v) is 2.38. The zero-order valence-corrected chi connectivity index (χ0v) is 14.2. The molecule has 3 rings (SSSR count). The van der Waals surface area contributed by atoms with Crippen LogP contribution in [0.15, 0.2) is 54.6 Å². The molecule has 0 saturated heterocycles. The molecule has 1 aromatic heterocycles. The number of ketones is 1. The molecular formula is C19H15F2N3O3. The summed E-state index contributed by atoms with van der Waals surface area (Å²) in [7, 11) is 0. The number of carbonyl (C=O) groups is 2. The number of alkyl halides is 2. The van der Waals surface area contributed by atoms with Crippen molar-refractivity contribution in [1.82, 2.24) is 10.2 Å². The lowest BCUT2D eigenvalue weighted by molar-refractivity contribution is -0.0498. The lowest BCUT2D eigenvalue weighted by Crippen LogP contribution is -2.12. The predicted molar refractivity (Wildman–Crippen MR) is 95.1 cm³/mol. The van der Waals surface area contributed by atoms with Gasteiger partial charge < -0.3 is 10.1 Å². The van der Waals surface area contributed by atoms with Gasteiger partial charge in [-0.25, -0.2) is 0 Å². The number of hydrogen-bond acceptors (Lipinski definition) is 4. The molecule has 3 aromatic rings. The SMILES string of the molecule is CC(=O)c1ccc(NC(=O)c2cc(-c3ccc(OC(F)F)cc3)n[nH]2)cc1. The first-order valence-electron chi connectivity index (χ1n) is 7.95. The smallest absolute Gasteiger partial charge is 0.387 e. The van der Waals surface area contributed by atoms with Crippen LogP contribution in [0.4, 0.5) is 14.5 Å². The first-order chi connectivity index (χ1) is 12.9. The summed E-state index contributed by atoms with van der Waals surface area (Å²) in [5.41, 5.74) is 2.44. The molecule has 0 bridgehead atoms. The zero-order chi connectivity index (χ0) is 19.4. The Balaban J connectivity index is 1.69. The van der Waals surface area contributed by atoms with Gasteiger partial charge in [-0.05, 0) is 61.5 Å². The van der Waals surface area contributed by atoms with Crippen LogP contribution in [0.2, 0.25) is 0 Å². The number of hydrogen-bond donors (Lipinski definition) is 2. The standard InChI is InChI=1S/C19H15F2N3O3/c1-11(25)12-2-6-14(7-3-12)22-18(26)17-10-16(23-24-17)13-4-8-15(9-5-13)27-19(20)21/h2-10,19H,1H3,(H,22,26)(H,23,24). The molecule has 0 atom stereocenters. The van der Waals surface area contributed by atoms with Gasteiger partial charge in [-0.1, -0.05) is 0 Å². The Hall–Kier alpha value is -3.55. The second-order valence-electron chi connectivity index (χ2n) is 5.66. The van der Waals surface area contributed by atoms with Gasteiger partial charge in [0.05, 0.1) is 5.69 Å². The number of aromatic nitrogens is 2. The van der Waals surface area contributed by atoms with Crippen molar-refractivity contribution in [2.45, 2.75) is 13.5 Å². The van der Waals surface area contributed by atoms with Gasteiger partial charge in [0.1, 0.15) is 11.4 Å². The van der Waals surface area contributed by atoms with Gasteiger partial charge in [0.15, 0.2) is 5.78 Å². The highest BCUT2D eigenvalue weighted by molar-refractivity contribution is 6.03. The third kappa shape index (κ3) is 4.55. The molecule has 1 heterocycles. The van der Waals surface area contributed by atoms with Crippen LogP contribution >= 0.6 is 0 Å². The largest absolute Gasteiger partial charge is 0.435 e. The van der Waals surface area contributed by atoms with E-state index >= 15 is 0 Å². The van der Waals surface area contributed by atoms with Crippen LogP contribution in [-0.2, 0) is 0 Å². The molecule has 2 N–H and O–H groups in total. The summed E-state index contributed by atoms with van der Waals surface area (Å²) in [4.78, 5) is 23.6. The van der Waals surface area contributed by atoms with Gasteiger partial charge in [-0.15, -0.1) is 0 Å². The number of Topliss-reactive ketones (excluding diaryl/α,β-unsaturated/α-hetero) is 1. The molecule has 27 heavy (non-hydrogen) atoms. The quantitative estimate of drug-likeness (QED) is 0.638. The van der Waals surface area contributed by atoms with Crippen molar-refractivity contribution >= 4 is 17.4 Å². The Bertz CT molecular complexity index is 951. The number of amides is 1. The normalized spacial score (nSPS) is 10.7. The van der Waals surface area contributed by atoms with Crippen molar-refractivity contribution in [3.8, 4) is 17.0 Å². The van der Waals surface area contributed by atoms with Gasteiger partial charge in [0.2, 0.25) is 0 Å². The Morgan fingerprint density at radius 3 is 2.33 bits per heavy atom. The fourth-order valence-electron chi connectivity index (χ4n) is 2.38. The highest BCUT2D eigenvalue weighted by Gasteiger charge is 2.12. The number of nitrogens with zero attached hydrogens (tertiary/aromatic N) is 1. The van der Waals surface area contributed by atoms with Crippen LogP contribution in [0.25, 0.3) is 11.3 Å². The van der Waals surface area contributed by atoms with Crippen LogP contribution in [0.3, 0.4) is 0 Å². The van der Waals surface area contributed by atoms with E-state index in [1.165, 1.54) is 19.1 Å². The van der Waals surface area contributed by atoms with Gasteiger partial charge in [0.25, 0.3) is 5.91 Å². The zero-order valence-electron chi connectivity index (χ0n) is 14.2. The topological polar surface area (TPSA) is 84.1 Å². The van der Waals surface area contributed by atoms with Crippen molar-refractivity contribution in [2.24, 2.45) is 0 Å². The van der Waals surface area contributed by atoms with Crippen LogP contribution in [0, 0.1) is 0 Å². The van der Waals surface area contributed by atoms with E-state index in [0.717, 1.165) is 0 Å². The third-order valence-corrected chi connectivity index (χ3v) is 3.75. The minimum Gasteiger partial charge on any atom is -0.435 e. The summed E-state index contributed by atoms with van der Waals surface area (Å²) >= 11 is 0. The summed E-state index contributed by atoms with van der Waals surface area (Å²) in [5, 5.41) is 9.39. The number of anilines is 1. The van der Waals surface area contributed by atoms with E-state index in [0.29, 0.717) is 22.5 Å². The number of nitrogens with one attached hydrogen (secondary N) is 2. The summed E-state index contributed by atoms with van der Waals surface area (Å²) in [6, 6.07) is 14.0. The number of halogens is 2. The highest BCUT2D eigenvalue weighted by Crippen LogP contribution is 2.22. The third-order valence-electron chi connectivity index (χ3n) is 3.75. The average Bonchev–Trinajstić information content (AvgIpc) is 3.12. The van der Waals surface area contributed by atoms with Gasteiger partial charge in [-0.2, -0.15) is 13.9 Å². The molecule has 0 unspecified atom stereocenters. The van der Waals surface area contributed by atoms with E-state index in [1.807, 2.05) is 0 Å². The molecule has 0 aliphatic rings. The minimum atomic E-state index is -2.89. The molecule has 0 saturated carbocycles. The van der Waals surface area contributed by atoms with Crippen LogP contribution in [0.1, 0.15) is 27.8 Å². The van der Waals surface area contributed by atoms with Crippen molar-refractivity contribution in [1.29, 1.82) is 0 Å². The Morgan fingerprint density at radius 1 is 1.07 bits per heavy atom. The number of aromatic amines is 1. The minimum absolute atomic E-state index is 0.0382. The molecule has 0 aliphatic carbocycles. The van der Waals surface area contributed by atoms with E-state index in [2.05, 4.69) is 20.3 Å². The molecule has 6 nitrogen and oxygen atoms in total. The predicted octanol–water partition coefficient (Wildman–Crippen LogP) is 4.13. The number of carbonyl (C=O) groups excluding carboxylic acids is 2. The maximum atomic E-state index is 12.3. The average molecular weight is 371 g/mol. The second-order valence-corrected chi connectivity index (χ2v) is 5.66. The lowest BCUT2D eigenvalue weighted by Gasteiger charge is -2.04. The number of rotatable bonds is 6. The Kier molecular flexibility index (Phi) is 5.25. The fraction of sp³-hybridized carbons (Fsp3) is 0.105. The van der Waals surface area contributed by atoms with Crippen molar-refractivity contribution in [2.75, 3.05) is 5.32 Å². The summed E-state index contributed by atoms with van der Waals surface area (Å²) < 4.78 is 28.6. The van der Waals surface area contributed by atoms with Gasteiger partial charge >= 0.3 is 6.61 Å². The van der Waals surface area contributed by atoms with E-state index < -0.39 is 12.5 Å². The van der Waals surface area contributed by atoms with Crippen molar-refractivity contribution < 1.29 is 23.1 Å². The number of H-pyrrole nitrogens is 1. The van der Waals surface area contributed by atoms with Crippen LogP contribution in [0.5, 0.6) is 5.75 Å². The molecule has 1 amide bonds. The summed E-state index contributed by atoms with van der Waals surface area (Å²) in [6.07, 6.45) is 0. The second kappa shape index (κ2) is 7.77. The number of benzene rings is 2. The monoisotopic (exact) mass is 371 g/mol. The molecule has 0 fully saturated rings. The molecule has 0 radical (unpaired) electrons. The van der Waals surface area contributed by atoms with Gasteiger partial charge in [0, 0.05) is 16.8 Å². The summed E-state index contributed by atoms with van der Waals surface area (Å²) in [6.45, 7) is -1.42. The Labute approximate surface area is 153 Å². The number of ether oxygens (including phenoxy) is 1. The van der Waals surface area contributed by atoms with E-state index in [4.69, 9.17) is 0 Å². The van der Waals surface area contributed by atoms with Gasteiger partial charge in [-0.3, -0.25) is 14.7 Å². The Morgan fingerprint density at radius 2 is 1.74 bits per heavy atom. The summed E-state index contributed by atoms with van der Waals surface area (Å²) in [5.74, 6) is -0.422. The highest BCUT2D eigenvalue weighted by atomic mass is 19.3. The van der Waals surface area contributed by atoms with E-state index in [1.54, 1.807) is 42.5 Å². The first kappa shape index (κ1) is 18.2. The van der Waals surface area contributed by atoms with Crippen molar-refractivity contribution in [3.63, 3.8) is 0 Å². The molecule has 0 spiro atoms. The maximum Gasteiger partial charge on any atom is 0.387 e. The molecule has 8 heteroatoms. The first-order valence-corrected chi connectivity index (χ1v) is 7.95. The van der Waals surface area contributed by atoms with Crippen LogP contribution < -0.4 is 10.1 Å². The molecular weight excluding hydrogens is 356 g/mol. The maximum absolute atomic E-state index is 12.3. The molecule has 2 aromatic carbocycles. The molecule has 0 aliphatic heterocycles. The van der Waals surface area contributed by atoms with Crippen LogP contribution in [-0.4, -0.2) is 28.5 Å². The van der Waals surface area contributed by atoms with E-state index in [9.17, 15) is 18.4 Å². The molecule has 138 valence electrons. The van der Waals surface area contributed by atoms with Crippen molar-refractivity contribution in [3.05, 3.63) is 65.9 Å².